The summed E-state index contributed by atoms with van der Waals surface area (Å²) in [7, 11) is 0. The van der Waals surface area contributed by atoms with Gasteiger partial charge in [-0.25, -0.2) is 4.98 Å². The van der Waals surface area contributed by atoms with E-state index in [2.05, 4.69) is 4.98 Å². The lowest BCUT2D eigenvalue weighted by molar-refractivity contribution is -0.138. The van der Waals surface area contributed by atoms with E-state index in [-0.39, 0.29) is 12.3 Å². The number of nitrogens with zero attached hydrogens (tertiary/aromatic N) is 1. The number of ether oxygens (including phenoxy) is 1. The van der Waals surface area contributed by atoms with Crippen LogP contribution in [0.3, 0.4) is 0 Å². The van der Waals surface area contributed by atoms with Crippen molar-refractivity contribution in [3.05, 3.63) is 76.2 Å². The van der Waals surface area contributed by atoms with Crippen molar-refractivity contribution in [2.45, 2.75) is 45.9 Å². The molecule has 5 nitrogen and oxygen atoms in total. The zero-order chi connectivity index (χ0) is 23.3. The molecular weight excluding hydrogens is 423 g/mol. The molecule has 8 heteroatoms. The van der Waals surface area contributed by atoms with Gasteiger partial charge in [0.1, 0.15) is 5.76 Å². The van der Waals surface area contributed by atoms with Crippen LogP contribution in [0, 0.1) is 13.8 Å². The van der Waals surface area contributed by atoms with Gasteiger partial charge >= 0.3 is 12.1 Å². The molecule has 2 aromatic carbocycles. The van der Waals surface area contributed by atoms with Crippen LogP contribution >= 0.6 is 0 Å². The molecule has 1 aromatic heterocycles. The van der Waals surface area contributed by atoms with Gasteiger partial charge in [-0.05, 0) is 61.2 Å². The van der Waals surface area contributed by atoms with E-state index < -0.39 is 17.7 Å². The van der Waals surface area contributed by atoms with E-state index in [0.29, 0.717) is 43.1 Å². The van der Waals surface area contributed by atoms with Gasteiger partial charge in [-0.3, -0.25) is 4.79 Å². The summed E-state index contributed by atoms with van der Waals surface area (Å²) < 4.78 is 49.6. The third-order valence-electron chi connectivity index (χ3n) is 5.11. The fourth-order valence-electron chi connectivity index (χ4n) is 3.31. The molecule has 0 unspecified atom stereocenters. The Morgan fingerprint density at radius 3 is 2.44 bits per heavy atom. The van der Waals surface area contributed by atoms with Crippen LogP contribution in [0.2, 0.25) is 0 Å². The standard InChI is InChI=1S/C24H24F3NO4/c1-15-13-17(3-4-18(15)7-10-22(29)30)14-31-12-11-21-16(2)28-23(32-21)19-5-8-20(9-6-19)24(25,26)27/h3-6,8-9,13H,7,10-12,14H2,1-2H3,(H,29,30). The van der Waals surface area contributed by atoms with Gasteiger partial charge in [-0.1, -0.05) is 18.2 Å². The Kier molecular flexibility index (Phi) is 7.35. The normalized spacial score (nSPS) is 11.7. The molecule has 3 aromatic rings. The zero-order valence-electron chi connectivity index (χ0n) is 17.8. The number of hydrogen-bond donors (Lipinski definition) is 1. The summed E-state index contributed by atoms with van der Waals surface area (Å²) in [4.78, 5) is 15.0. The predicted molar refractivity (Wildman–Crippen MR) is 112 cm³/mol. The van der Waals surface area contributed by atoms with Crippen molar-refractivity contribution in [2.24, 2.45) is 0 Å². The molecule has 0 spiro atoms. The second-order valence-electron chi connectivity index (χ2n) is 7.56. The fraction of sp³-hybridized carbons (Fsp3) is 0.333. The van der Waals surface area contributed by atoms with Crippen molar-refractivity contribution in [1.29, 1.82) is 0 Å². The van der Waals surface area contributed by atoms with Crippen LogP contribution in [0.5, 0.6) is 0 Å². The van der Waals surface area contributed by atoms with Gasteiger partial charge in [0.25, 0.3) is 0 Å². The van der Waals surface area contributed by atoms with Crippen LogP contribution in [0.15, 0.2) is 46.9 Å². The number of halogens is 3. The largest absolute Gasteiger partial charge is 0.481 e. The minimum absolute atomic E-state index is 0.0989. The van der Waals surface area contributed by atoms with E-state index >= 15 is 0 Å². The lowest BCUT2D eigenvalue weighted by atomic mass is 10.0. The molecular formula is C24H24F3NO4. The molecule has 0 amide bonds. The Balaban J connectivity index is 1.53. The third kappa shape index (κ3) is 6.20. The van der Waals surface area contributed by atoms with Crippen LogP contribution < -0.4 is 0 Å². The number of hydrogen-bond acceptors (Lipinski definition) is 4. The second-order valence-corrected chi connectivity index (χ2v) is 7.56. The molecule has 0 radical (unpaired) electrons. The minimum atomic E-state index is -4.38. The molecule has 170 valence electrons. The van der Waals surface area contributed by atoms with Gasteiger partial charge in [-0.2, -0.15) is 13.2 Å². The molecule has 3 rings (SSSR count). The number of rotatable bonds is 9. The molecule has 0 saturated heterocycles. The number of aliphatic carboxylic acids is 1. The summed E-state index contributed by atoms with van der Waals surface area (Å²) >= 11 is 0. The number of carboxylic acid groups (broad SMARTS) is 1. The molecule has 0 bridgehead atoms. The van der Waals surface area contributed by atoms with Gasteiger partial charge in [0.15, 0.2) is 0 Å². The first-order valence-electron chi connectivity index (χ1n) is 10.2. The van der Waals surface area contributed by atoms with Crippen LogP contribution in [-0.2, 0) is 35.2 Å². The van der Waals surface area contributed by atoms with Crippen molar-refractivity contribution in [3.63, 3.8) is 0 Å². The van der Waals surface area contributed by atoms with Crippen LogP contribution in [0.4, 0.5) is 13.2 Å². The number of carbonyl (C=O) groups is 1. The number of carboxylic acids is 1. The molecule has 1 N–H and O–H groups in total. The topological polar surface area (TPSA) is 72.6 Å². The van der Waals surface area contributed by atoms with Gasteiger partial charge < -0.3 is 14.3 Å². The number of alkyl halides is 3. The van der Waals surface area contributed by atoms with Gasteiger partial charge in [0, 0.05) is 18.4 Å². The molecule has 1 heterocycles. The average molecular weight is 447 g/mol. The highest BCUT2D eigenvalue weighted by Gasteiger charge is 2.30. The Bertz CT molecular complexity index is 1070. The Morgan fingerprint density at radius 2 is 1.81 bits per heavy atom. The summed E-state index contributed by atoms with van der Waals surface area (Å²) in [5.74, 6) is 0.0832. The molecule has 0 aliphatic heterocycles. The van der Waals surface area contributed by atoms with E-state index in [9.17, 15) is 18.0 Å². The van der Waals surface area contributed by atoms with Crippen molar-refractivity contribution in [2.75, 3.05) is 6.61 Å². The number of aryl methyl sites for hydroxylation is 3. The van der Waals surface area contributed by atoms with Gasteiger partial charge in [-0.15, -0.1) is 0 Å². The zero-order valence-corrected chi connectivity index (χ0v) is 17.8. The second kappa shape index (κ2) is 9.99. The van der Waals surface area contributed by atoms with Crippen molar-refractivity contribution in [3.8, 4) is 11.5 Å². The highest BCUT2D eigenvalue weighted by atomic mass is 19.4. The van der Waals surface area contributed by atoms with Crippen LogP contribution in [-0.4, -0.2) is 22.7 Å². The molecule has 32 heavy (non-hydrogen) atoms. The third-order valence-corrected chi connectivity index (χ3v) is 5.11. The predicted octanol–water partition coefficient (Wildman–Crippen LogP) is 5.75. The van der Waals surface area contributed by atoms with E-state index in [1.54, 1.807) is 6.92 Å². The lowest BCUT2D eigenvalue weighted by Gasteiger charge is -2.08. The maximum absolute atomic E-state index is 12.7. The van der Waals surface area contributed by atoms with Gasteiger partial charge in [0.2, 0.25) is 5.89 Å². The average Bonchev–Trinajstić information content (AvgIpc) is 3.10. The van der Waals surface area contributed by atoms with Crippen molar-refractivity contribution < 1.29 is 32.2 Å². The van der Waals surface area contributed by atoms with Crippen molar-refractivity contribution in [1.82, 2.24) is 4.98 Å². The first kappa shape index (κ1) is 23.5. The van der Waals surface area contributed by atoms with Crippen LogP contribution in [0.1, 0.15) is 40.1 Å². The van der Waals surface area contributed by atoms with Crippen LogP contribution in [0.25, 0.3) is 11.5 Å². The quantitative estimate of drug-likeness (QED) is 0.423. The monoisotopic (exact) mass is 447 g/mol. The summed E-state index contributed by atoms with van der Waals surface area (Å²) in [6.45, 7) is 4.52. The fourth-order valence-corrected chi connectivity index (χ4v) is 3.31. The molecule has 0 atom stereocenters. The molecule has 0 saturated carbocycles. The van der Waals surface area contributed by atoms with Crippen molar-refractivity contribution >= 4 is 5.97 Å². The summed E-state index contributed by atoms with van der Waals surface area (Å²) in [6.07, 6.45) is -3.31. The lowest BCUT2D eigenvalue weighted by Crippen LogP contribution is -2.03. The molecule has 0 aliphatic carbocycles. The smallest absolute Gasteiger partial charge is 0.416 e. The number of aromatic nitrogens is 1. The first-order chi connectivity index (χ1) is 15.1. The van der Waals surface area contributed by atoms with E-state index in [4.69, 9.17) is 14.3 Å². The Morgan fingerprint density at radius 1 is 1.09 bits per heavy atom. The molecule has 0 aliphatic rings. The van der Waals surface area contributed by atoms with Gasteiger partial charge in [0.05, 0.1) is 24.5 Å². The maximum Gasteiger partial charge on any atom is 0.416 e. The Labute approximate surface area is 183 Å². The maximum atomic E-state index is 12.7. The number of benzene rings is 2. The van der Waals surface area contributed by atoms with E-state index in [1.807, 2.05) is 25.1 Å². The highest BCUT2D eigenvalue weighted by Crippen LogP contribution is 2.31. The molecule has 0 fully saturated rings. The van der Waals surface area contributed by atoms with E-state index in [1.165, 1.54) is 12.1 Å². The highest BCUT2D eigenvalue weighted by molar-refractivity contribution is 5.67. The summed E-state index contributed by atoms with van der Waals surface area (Å²) in [5, 5.41) is 8.81. The SMILES string of the molecule is Cc1cc(COCCc2oc(-c3ccc(C(F)(F)F)cc3)nc2C)ccc1CCC(=O)O. The number of oxazole rings is 1. The van der Waals surface area contributed by atoms with E-state index in [0.717, 1.165) is 28.8 Å². The Hall–Kier alpha value is -3.13. The summed E-state index contributed by atoms with van der Waals surface area (Å²) in [5.41, 5.74) is 3.45. The minimum Gasteiger partial charge on any atom is -0.481 e. The first-order valence-corrected chi connectivity index (χ1v) is 10.2. The summed E-state index contributed by atoms with van der Waals surface area (Å²) in [6, 6.07) is 10.5.